The van der Waals surface area contributed by atoms with Crippen LogP contribution in [-0.2, 0) is 11.0 Å². The van der Waals surface area contributed by atoms with Gasteiger partial charge in [-0.15, -0.1) is 0 Å². The number of carbonyl (C=O) groups excluding carboxylic acids is 1. The van der Waals surface area contributed by atoms with Crippen LogP contribution < -0.4 is 5.32 Å². The van der Waals surface area contributed by atoms with Crippen molar-refractivity contribution in [2.45, 2.75) is 42.4 Å². The van der Waals surface area contributed by atoms with Gasteiger partial charge < -0.3 is 10.3 Å². The molecule has 1 heterocycles. The van der Waals surface area contributed by atoms with Gasteiger partial charge in [-0.05, 0) is 38.0 Å². The molecular formula is C14H14F3N3OS. The zero-order valence-corrected chi connectivity index (χ0v) is 12.5. The zero-order valence-electron chi connectivity index (χ0n) is 11.7. The van der Waals surface area contributed by atoms with Crippen LogP contribution in [0.15, 0.2) is 23.4 Å². The van der Waals surface area contributed by atoms with Gasteiger partial charge in [0.2, 0.25) is 5.91 Å². The van der Waals surface area contributed by atoms with Gasteiger partial charge in [0.1, 0.15) is 0 Å². The van der Waals surface area contributed by atoms with Crippen LogP contribution in [0.3, 0.4) is 0 Å². The van der Waals surface area contributed by atoms with Crippen molar-refractivity contribution in [1.29, 1.82) is 0 Å². The average molecular weight is 329 g/mol. The lowest BCUT2D eigenvalue weighted by molar-refractivity contribution is -0.137. The lowest BCUT2D eigenvalue weighted by atomic mass is 10.2. The Morgan fingerprint density at radius 1 is 1.45 bits per heavy atom. The van der Waals surface area contributed by atoms with E-state index in [4.69, 9.17) is 0 Å². The van der Waals surface area contributed by atoms with Crippen molar-refractivity contribution in [3.63, 3.8) is 0 Å². The molecule has 0 unspecified atom stereocenters. The van der Waals surface area contributed by atoms with Crippen molar-refractivity contribution >= 4 is 28.7 Å². The SMILES string of the molecule is C[C@H](Sc1nc2ccc(C(F)(F)F)cc2[nH]1)C(=O)NC1CC1. The number of amides is 1. The summed E-state index contributed by atoms with van der Waals surface area (Å²) in [5.41, 5.74) is 0.0390. The van der Waals surface area contributed by atoms with Crippen molar-refractivity contribution in [3.8, 4) is 0 Å². The predicted octanol–water partition coefficient (Wildman–Crippen LogP) is 3.34. The Labute approximate surface area is 128 Å². The van der Waals surface area contributed by atoms with E-state index in [1.807, 2.05) is 0 Å². The number of benzene rings is 1. The molecule has 2 aromatic rings. The second-order valence-corrected chi connectivity index (χ2v) is 6.64. The van der Waals surface area contributed by atoms with Gasteiger partial charge in [-0.25, -0.2) is 4.98 Å². The van der Waals surface area contributed by atoms with Gasteiger partial charge in [-0.1, -0.05) is 11.8 Å². The fraction of sp³-hybridized carbons (Fsp3) is 0.429. The predicted molar refractivity (Wildman–Crippen MR) is 77.6 cm³/mol. The van der Waals surface area contributed by atoms with E-state index in [9.17, 15) is 18.0 Å². The normalized spacial score (nSPS) is 16.7. The van der Waals surface area contributed by atoms with Crippen molar-refractivity contribution in [3.05, 3.63) is 23.8 Å². The molecule has 1 aromatic carbocycles. The molecule has 1 aromatic heterocycles. The molecule has 0 aliphatic heterocycles. The Bertz CT molecular complexity index is 709. The van der Waals surface area contributed by atoms with Crippen LogP contribution in [0.5, 0.6) is 0 Å². The topological polar surface area (TPSA) is 57.8 Å². The van der Waals surface area contributed by atoms with Gasteiger partial charge in [0.25, 0.3) is 0 Å². The molecule has 0 bridgehead atoms. The number of aromatic nitrogens is 2. The van der Waals surface area contributed by atoms with Crippen LogP contribution >= 0.6 is 11.8 Å². The first-order valence-electron chi connectivity index (χ1n) is 6.87. The van der Waals surface area contributed by atoms with E-state index in [1.54, 1.807) is 6.92 Å². The van der Waals surface area contributed by atoms with Gasteiger partial charge in [0.05, 0.1) is 21.8 Å². The molecule has 1 saturated carbocycles. The highest BCUT2D eigenvalue weighted by atomic mass is 32.2. The summed E-state index contributed by atoms with van der Waals surface area (Å²) < 4.78 is 38.0. The summed E-state index contributed by atoms with van der Waals surface area (Å²) >= 11 is 1.20. The number of alkyl halides is 3. The van der Waals surface area contributed by atoms with Crippen LogP contribution in [0.4, 0.5) is 13.2 Å². The summed E-state index contributed by atoms with van der Waals surface area (Å²) in [7, 11) is 0. The van der Waals surface area contributed by atoms with Crippen LogP contribution in [0.1, 0.15) is 25.3 Å². The van der Waals surface area contributed by atoms with Gasteiger partial charge in [-0.2, -0.15) is 13.2 Å². The third-order valence-corrected chi connectivity index (χ3v) is 4.35. The molecule has 2 N–H and O–H groups in total. The number of thioether (sulfide) groups is 1. The highest BCUT2D eigenvalue weighted by Gasteiger charge is 2.31. The fourth-order valence-corrected chi connectivity index (χ4v) is 2.82. The molecule has 1 aliphatic carbocycles. The lowest BCUT2D eigenvalue weighted by Gasteiger charge is -2.09. The van der Waals surface area contributed by atoms with E-state index in [0.29, 0.717) is 16.2 Å². The van der Waals surface area contributed by atoms with Crippen molar-refractivity contribution < 1.29 is 18.0 Å². The molecule has 0 saturated heterocycles. The molecule has 22 heavy (non-hydrogen) atoms. The fourth-order valence-electron chi connectivity index (χ4n) is 1.99. The number of imidazole rings is 1. The maximum Gasteiger partial charge on any atom is 0.416 e. The first-order valence-corrected chi connectivity index (χ1v) is 7.75. The maximum absolute atomic E-state index is 12.7. The van der Waals surface area contributed by atoms with E-state index in [-0.39, 0.29) is 17.2 Å². The number of nitrogens with one attached hydrogen (secondary N) is 2. The highest BCUT2D eigenvalue weighted by Crippen LogP contribution is 2.32. The maximum atomic E-state index is 12.7. The van der Waals surface area contributed by atoms with Crippen molar-refractivity contribution in [2.24, 2.45) is 0 Å². The second-order valence-electron chi connectivity index (χ2n) is 5.31. The van der Waals surface area contributed by atoms with Gasteiger partial charge >= 0.3 is 6.18 Å². The Balaban J connectivity index is 1.75. The number of rotatable bonds is 4. The Morgan fingerprint density at radius 2 is 2.18 bits per heavy atom. The summed E-state index contributed by atoms with van der Waals surface area (Å²) in [6.07, 6.45) is -2.37. The quantitative estimate of drug-likeness (QED) is 0.846. The number of H-pyrrole nitrogens is 1. The number of carbonyl (C=O) groups is 1. The van der Waals surface area contributed by atoms with Crippen molar-refractivity contribution in [2.75, 3.05) is 0 Å². The highest BCUT2D eigenvalue weighted by molar-refractivity contribution is 8.00. The second kappa shape index (κ2) is 5.49. The Kier molecular flexibility index (Phi) is 3.80. The first-order chi connectivity index (χ1) is 10.3. The minimum Gasteiger partial charge on any atom is -0.352 e. The van der Waals surface area contributed by atoms with E-state index >= 15 is 0 Å². The molecular weight excluding hydrogens is 315 g/mol. The third kappa shape index (κ3) is 3.37. The molecule has 1 atom stereocenters. The summed E-state index contributed by atoms with van der Waals surface area (Å²) in [6, 6.07) is 3.64. The molecule has 3 rings (SSSR count). The minimum absolute atomic E-state index is 0.0797. The van der Waals surface area contributed by atoms with E-state index < -0.39 is 11.7 Å². The van der Waals surface area contributed by atoms with Crippen LogP contribution in [0, 0.1) is 0 Å². The van der Waals surface area contributed by atoms with Gasteiger partial charge in [-0.3, -0.25) is 4.79 Å². The summed E-state index contributed by atoms with van der Waals surface area (Å²) in [5, 5.41) is 2.97. The molecule has 1 aliphatic rings. The molecule has 4 nitrogen and oxygen atoms in total. The molecule has 1 fully saturated rings. The number of nitrogens with zero attached hydrogens (tertiary/aromatic N) is 1. The molecule has 118 valence electrons. The molecule has 0 spiro atoms. The Morgan fingerprint density at radius 3 is 2.82 bits per heavy atom. The van der Waals surface area contributed by atoms with Crippen LogP contribution in [0.25, 0.3) is 11.0 Å². The Hall–Kier alpha value is -1.70. The van der Waals surface area contributed by atoms with E-state index in [2.05, 4.69) is 15.3 Å². The van der Waals surface area contributed by atoms with Crippen LogP contribution in [-0.4, -0.2) is 27.2 Å². The van der Waals surface area contributed by atoms with E-state index in [0.717, 1.165) is 25.0 Å². The van der Waals surface area contributed by atoms with Gasteiger partial charge in [0.15, 0.2) is 5.16 Å². The largest absolute Gasteiger partial charge is 0.416 e. The standard InChI is InChI=1S/C14H14F3N3OS/c1-7(12(21)18-9-3-4-9)22-13-19-10-5-2-8(14(15,16)17)6-11(10)20-13/h2,5-7,9H,3-4H2,1H3,(H,18,21)(H,19,20)/t7-/m0/s1. The molecule has 0 radical (unpaired) electrons. The number of aromatic amines is 1. The average Bonchev–Trinajstić information content (AvgIpc) is 3.14. The van der Waals surface area contributed by atoms with Crippen LogP contribution in [0.2, 0.25) is 0 Å². The van der Waals surface area contributed by atoms with Crippen molar-refractivity contribution in [1.82, 2.24) is 15.3 Å². The lowest BCUT2D eigenvalue weighted by Crippen LogP contribution is -2.32. The number of fused-ring (bicyclic) bond motifs is 1. The summed E-state index contributed by atoms with van der Waals surface area (Å²) in [6.45, 7) is 1.75. The van der Waals surface area contributed by atoms with Gasteiger partial charge in [0, 0.05) is 6.04 Å². The molecule has 1 amide bonds. The number of halogens is 3. The third-order valence-electron chi connectivity index (χ3n) is 3.37. The zero-order chi connectivity index (χ0) is 15.9. The number of hydrogen-bond donors (Lipinski definition) is 2. The summed E-state index contributed by atoms with van der Waals surface area (Å²) in [5.74, 6) is -0.0797. The summed E-state index contributed by atoms with van der Waals surface area (Å²) in [4.78, 5) is 18.9. The smallest absolute Gasteiger partial charge is 0.352 e. The first kappa shape index (κ1) is 15.2. The number of hydrogen-bond acceptors (Lipinski definition) is 3. The molecule has 8 heteroatoms. The minimum atomic E-state index is -4.38. The van der Waals surface area contributed by atoms with E-state index in [1.165, 1.54) is 17.8 Å². The monoisotopic (exact) mass is 329 g/mol.